The summed E-state index contributed by atoms with van der Waals surface area (Å²) in [5, 5.41) is 7.75. The Hall–Kier alpha value is -1.72. The number of nitrogens with zero attached hydrogens (tertiary/aromatic N) is 2. The number of hydrogen-bond donors (Lipinski definition) is 2. The molecule has 0 saturated carbocycles. The van der Waals surface area contributed by atoms with Gasteiger partial charge in [-0.2, -0.15) is 10.2 Å². The maximum absolute atomic E-state index is 11.5. The lowest BCUT2D eigenvalue weighted by Crippen LogP contribution is -2.17. The number of carbonyl (C=O) groups is 2. The Morgan fingerprint density at radius 2 is 1.09 bits per heavy atom. The molecule has 0 atom stereocenters. The molecule has 0 heterocycles. The minimum Gasteiger partial charge on any atom is -0.273 e. The van der Waals surface area contributed by atoms with E-state index in [2.05, 4.69) is 21.1 Å². The number of carbonyl (C=O) groups excluding carboxylic acids is 2. The highest BCUT2D eigenvalue weighted by molar-refractivity contribution is 5.77. The summed E-state index contributed by atoms with van der Waals surface area (Å²) >= 11 is 0. The van der Waals surface area contributed by atoms with Gasteiger partial charge in [-0.15, -0.1) is 0 Å². The van der Waals surface area contributed by atoms with E-state index in [1.54, 1.807) is 12.4 Å². The van der Waals surface area contributed by atoms with Crippen LogP contribution in [0.25, 0.3) is 0 Å². The molecule has 2 N–H and O–H groups in total. The van der Waals surface area contributed by atoms with E-state index in [0.717, 1.165) is 32.1 Å². The molecule has 0 spiro atoms. The number of rotatable bonds is 12. The first-order chi connectivity index (χ1) is 10.9. The Bertz CT molecular complexity index is 354. The number of amides is 2. The molecule has 0 aromatic rings. The second-order valence-electron chi connectivity index (χ2n) is 6.38. The molecule has 0 radical (unpaired) electrons. The molecule has 0 unspecified atom stereocenters. The summed E-state index contributed by atoms with van der Waals surface area (Å²) in [7, 11) is 0. The summed E-state index contributed by atoms with van der Waals surface area (Å²) in [4.78, 5) is 22.9. The number of unbranched alkanes of at least 4 members (excludes halogenated alkanes) is 4. The summed E-state index contributed by atoms with van der Waals surface area (Å²) in [5.41, 5.74) is 5.05. The van der Waals surface area contributed by atoms with Crippen LogP contribution < -0.4 is 10.9 Å². The van der Waals surface area contributed by atoms with Crippen molar-refractivity contribution in [3.63, 3.8) is 0 Å². The van der Waals surface area contributed by atoms with Crippen molar-refractivity contribution in [1.29, 1.82) is 0 Å². The fraction of sp³-hybridized carbons (Fsp3) is 0.765. The quantitative estimate of drug-likeness (QED) is 0.328. The van der Waals surface area contributed by atoms with Gasteiger partial charge in [0.15, 0.2) is 0 Å². The minimum atomic E-state index is -0.0377. The van der Waals surface area contributed by atoms with Crippen molar-refractivity contribution in [2.75, 3.05) is 0 Å². The van der Waals surface area contributed by atoms with E-state index in [1.807, 2.05) is 27.7 Å². The highest BCUT2D eigenvalue weighted by Gasteiger charge is 2.01. The summed E-state index contributed by atoms with van der Waals surface area (Å²) in [6.45, 7) is 8.03. The van der Waals surface area contributed by atoms with Gasteiger partial charge in [-0.3, -0.25) is 9.59 Å². The summed E-state index contributed by atoms with van der Waals surface area (Å²) < 4.78 is 0. The van der Waals surface area contributed by atoms with Gasteiger partial charge >= 0.3 is 0 Å². The molecule has 0 aliphatic heterocycles. The lowest BCUT2D eigenvalue weighted by molar-refractivity contribution is -0.121. The van der Waals surface area contributed by atoms with Crippen molar-refractivity contribution in [1.82, 2.24) is 10.9 Å². The largest absolute Gasteiger partial charge is 0.273 e. The zero-order valence-corrected chi connectivity index (χ0v) is 15.0. The Kier molecular flexibility index (Phi) is 12.9. The molecule has 132 valence electrons. The van der Waals surface area contributed by atoms with Gasteiger partial charge in [0.25, 0.3) is 0 Å². The van der Waals surface area contributed by atoms with Crippen molar-refractivity contribution in [2.24, 2.45) is 22.0 Å². The van der Waals surface area contributed by atoms with Crippen LogP contribution in [0.15, 0.2) is 10.2 Å². The van der Waals surface area contributed by atoms with Gasteiger partial charge < -0.3 is 0 Å². The van der Waals surface area contributed by atoms with Gasteiger partial charge in [-0.05, 0) is 24.7 Å². The van der Waals surface area contributed by atoms with Gasteiger partial charge in [0.1, 0.15) is 0 Å². The molecule has 0 bridgehead atoms. The van der Waals surface area contributed by atoms with Gasteiger partial charge in [-0.1, -0.05) is 47.0 Å². The maximum Gasteiger partial charge on any atom is 0.240 e. The molecule has 6 nitrogen and oxygen atoms in total. The van der Waals surface area contributed by atoms with Crippen LogP contribution in [-0.2, 0) is 9.59 Å². The molecule has 0 aromatic carbocycles. The molecular weight excluding hydrogens is 292 g/mol. The molecule has 0 saturated heterocycles. The average molecular weight is 324 g/mol. The van der Waals surface area contributed by atoms with Crippen molar-refractivity contribution >= 4 is 24.2 Å². The van der Waals surface area contributed by atoms with E-state index in [9.17, 15) is 9.59 Å². The Labute approximate surface area is 140 Å². The second-order valence-corrected chi connectivity index (χ2v) is 6.38. The average Bonchev–Trinajstić information content (AvgIpc) is 2.45. The van der Waals surface area contributed by atoms with Crippen LogP contribution in [0.5, 0.6) is 0 Å². The molecule has 23 heavy (non-hydrogen) atoms. The molecule has 2 amide bonds. The summed E-state index contributed by atoms with van der Waals surface area (Å²) in [6.07, 6.45) is 9.16. The van der Waals surface area contributed by atoms with E-state index >= 15 is 0 Å². The van der Waals surface area contributed by atoms with Crippen LogP contribution in [0.3, 0.4) is 0 Å². The van der Waals surface area contributed by atoms with E-state index in [1.165, 1.54) is 0 Å². The Morgan fingerprint density at radius 3 is 1.43 bits per heavy atom. The van der Waals surface area contributed by atoms with Gasteiger partial charge in [0.2, 0.25) is 11.8 Å². The van der Waals surface area contributed by atoms with Crippen LogP contribution in [-0.4, -0.2) is 24.2 Å². The number of nitrogens with one attached hydrogen (secondary N) is 2. The number of hydrogen-bond acceptors (Lipinski definition) is 4. The van der Waals surface area contributed by atoms with Crippen LogP contribution in [0.4, 0.5) is 0 Å². The van der Waals surface area contributed by atoms with Gasteiger partial charge in [0.05, 0.1) is 0 Å². The lowest BCUT2D eigenvalue weighted by Gasteiger charge is -2.02. The predicted molar refractivity (Wildman–Crippen MR) is 95.3 cm³/mol. The summed E-state index contributed by atoms with van der Waals surface area (Å²) in [5.74, 6) is 0.598. The first kappa shape index (κ1) is 21.3. The SMILES string of the molecule is CC(C)/C=N/NC(=O)CCCCCCCC(=O)N/N=C/C(C)C. The molecule has 6 heteroatoms. The third kappa shape index (κ3) is 16.5. The number of hydrazone groups is 2. The maximum atomic E-state index is 11.5. The predicted octanol–water partition coefficient (Wildman–Crippen LogP) is 3.23. The van der Waals surface area contributed by atoms with Crippen LogP contribution in [0.2, 0.25) is 0 Å². The topological polar surface area (TPSA) is 82.9 Å². The van der Waals surface area contributed by atoms with Gasteiger partial charge in [-0.25, -0.2) is 10.9 Å². The Balaban J connectivity index is 3.45. The van der Waals surface area contributed by atoms with Crippen LogP contribution >= 0.6 is 0 Å². The monoisotopic (exact) mass is 324 g/mol. The highest BCUT2D eigenvalue weighted by Crippen LogP contribution is 2.07. The van der Waals surface area contributed by atoms with Crippen molar-refractivity contribution < 1.29 is 9.59 Å². The Morgan fingerprint density at radius 1 is 0.739 bits per heavy atom. The normalized spacial score (nSPS) is 11.7. The zero-order chi connectivity index (χ0) is 17.5. The molecule has 0 rings (SSSR count). The first-order valence-corrected chi connectivity index (χ1v) is 8.56. The molecule has 0 aliphatic rings. The standard InChI is InChI=1S/C17H32N4O2/c1-14(2)12-18-20-16(22)10-8-6-5-7-9-11-17(23)21-19-13-15(3)4/h12-15H,5-11H2,1-4H3,(H,20,22)(H,21,23)/b18-12+,19-13+. The minimum absolute atomic E-state index is 0.0377. The molecule has 0 aromatic heterocycles. The van der Waals surface area contributed by atoms with Crippen molar-refractivity contribution in [3.05, 3.63) is 0 Å². The zero-order valence-electron chi connectivity index (χ0n) is 15.0. The van der Waals surface area contributed by atoms with E-state index in [4.69, 9.17) is 0 Å². The first-order valence-electron chi connectivity index (χ1n) is 8.56. The lowest BCUT2D eigenvalue weighted by atomic mass is 10.1. The van der Waals surface area contributed by atoms with Crippen LogP contribution in [0, 0.1) is 11.8 Å². The fourth-order valence-electron chi connectivity index (χ4n) is 1.73. The van der Waals surface area contributed by atoms with Crippen LogP contribution in [0.1, 0.15) is 72.6 Å². The van der Waals surface area contributed by atoms with Crippen molar-refractivity contribution in [2.45, 2.75) is 72.6 Å². The van der Waals surface area contributed by atoms with E-state index in [0.29, 0.717) is 24.7 Å². The highest BCUT2D eigenvalue weighted by atomic mass is 16.2. The van der Waals surface area contributed by atoms with Gasteiger partial charge in [0, 0.05) is 25.3 Å². The molecule has 0 aliphatic carbocycles. The third-order valence-corrected chi connectivity index (χ3v) is 2.93. The third-order valence-electron chi connectivity index (χ3n) is 2.93. The summed E-state index contributed by atoms with van der Waals surface area (Å²) in [6, 6.07) is 0. The molecular formula is C17H32N4O2. The fourth-order valence-corrected chi connectivity index (χ4v) is 1.73. The van der Waals surface area contributed by atoms with Crippen molar-refractivity contribution in [3.8, 4) is 0 Å². The van der Waals surface area contributed by atoms with E-state index in [-0.39, 0.29) is 11.8 Å². The van der Waals surface area contributed by atoms with E-state index < -0.39 is 0 Å². The smallest absolute Gasteiger partial charge is 0.240 e. The second kappa shape index (κ2) is 13.9. The molecule has 0 fully saturated rings.